The topological polar surface area (TPSA) is 37.3 Å². The van der Waals surface area contributed by atoms with E-state index in [2.05, 4.69) is 37.3 Å². The molecule has 2 heteroatoms. The van der Waals surface area contributed by atoms with Crippen LogP contribution in [0.15, 0.2) is 30.3 Å². The molecule has 0 spiro atoms. The maximum absolute atomic E-state index is 10.3. The van der Waals surface area contributed by atoms with E-state index in [1.807, 2.05) is 0 Å². The van der Waals surface area contributed by atoms with Gasteiger partial charge in [-0.15, -0.1) is 0 Å². The summed E-state index contributed by atoms with van der Waals surface area (Å²) in [6.45, 7) is 2.29. The Hall–Kier alpha value is -1.31. The van der Waals surface area contributed by atoms with Crippen LogP contribution in [0.4, 0.5) is 0 Å². The van der Waals surface area contributed by atoms with Crippen molar-refractivity contribution in [2.24, 2.45) is 0 Å². The van der Waals surface area contributed by atoms with Crippen molar-refractivity contribution < 1.29 is 9.90 Å². The molecule has 106 valence electrons. The molecular weight excluding hydrogens is 236 g/mol. The molecule has 0 heterocycles. The lowest BCUT2D eigenvalue weighted by molar-refractivity contribution is -0.137. The molecule has 0 aliphatic rings. The summed E-state index contributed by atoms with van der Waals surface area (Å²) >= 11 is 0. The van der Waals surface area contributed by atoms with E-state index in [9.17, 15) is 4.79 Å². The van der Waals surface area contributed by atoms with Gasteiger partial charge in [-0.3, -0.25) is 4.79 Å². The molecule has 0 fully saturated rings. The van der Waals surface area contributed by atoms with Gasteiger partial charge < -0.3 is 5.11 Å². The van der Waals surface area contributed by atoms with E-state index in [1.165, 1.54) is 37.7 Å². The Bertz CT molecular complexity index is 346. The number of carbonyl (C=O) groups is 1. The van der Waals surface area contributed by atoms with E-state index in [0.717, 1.165) is 12.8 Å². The zero-order chi connectivity index (χ0) is 13.9. The predicted molar refractivity (Wildman–Crippen MR) is 79.4 cm³/mol. The third kappa shape index (κ3) is 7.66. The fraction of sp³-hybridized carbons (Fsp3) is 0.588. The summed E-state index contributed by atoms with van der Waals surface area (Å²) in [5, 5.41) is 8.52. The number of aliphatic carboxylic acids is 1. The lowest BCUT2D eigenvalue weighted by atomic mass is 9.95. The van der Waals surface area contributed by atoms with E-state index in [0.29, 0.717) is 12.3 Å². The summed E-state index contributed by atoms with van der Waals surface area (Å²) in [6.07, 6.45) is 8.41. The Balaban J connectivity index is 1.98. The smallest absolute Gasteiger partial charge is 0.303 e. The summed E-state index contributed by atoms with van der Waals surface area (Å²) in [6, 6.07) is 10.7. The Labute approximate surface area is 116 Å². The van der Waals surface area contributed by atoms with Crippen molar-refractivity contribution in [2.75, 3.05) is 0 Å². The first-order valence-corrected chi connectivity index (χ1v) is 7.47. The van der Waals surface area contributed by atoms with E-state index >= 15 is 0 Å². The maximum Gasteiger partial charge on any atom is 0.303 e. The van der Waals surface area contributed by atoms with Gasteiger partial charge in [0.15, 0.2) is 0 Å². The lowest BCUT2D eigenvalue weighted by Crippen LogP contribution is -1.94. The standard InChI is InChI=1S/C17H26O2/c1-15(16-12-8-6-9-13-16)11-7-4-2-3-5-10-14-17(18)19/h6,8-9,12-13,15H,2-5,7,10-11,14H2,1H3,(H,18,19). The molecule has 0 radical (unpaired) electrons. The van der Waals surface area contributed by atoms with Crippen LogP contribution in [0.25, 0.3) is 0 Å². The molecule has 1 aromatic rings. The first kappa shape index (κ1) is 15.7. The van der Waals surface area contributed by atoms with Gasteiger partial charge in [0, 0.05) is 6.42 Å². The van der Waals surface area contributed by atoms with E-state index in [4.69, 9.17) is 5.11 Å². The van der Waals surface area contributed by atoms with Crippen LogP contribution in [-0.2, 0) is 4.79 Å². The number of carboxylic acid groups (broad SMARTS) is 1. The van der Waals surface area contributed by atoms with Crippen molar-refractivity contribution in [3.63, 3.8) is 0 Å². The maximum atomic E-state index is 10.3. The van der Waals surface area contributed by atoms with Crippen molar-refractivity contribution in [3.05, 3.63) is 35.9 Å². The van der Waals surface area contributed by atoms with E-state index < -0.39 is 5.97 Å². The Morgan fingerprint density at radius 2 is 1.58 bits per heavy atom. The normalized spacial score (nSPS) is 12.3. The average Bonchev–Trinajstić information content (AvgIpc) is 2.42. The Kier molecular flexibility index (Phi) is 7.95. The van der Waals surface area contributed by atoms with Crippen molar-refractivity contribution in [1.29, 1.82) is 0 Å². The molecule has 1 aromatic carbocycles. The molecule has 19 heavy (non-hydrogen) atoms. The fourth-order valence-corrected chi connectivity index (χ4v) is 2.38. The number of unbranched alkanes of at least 4 members (excludes halogenated alkanes) is 5. The van der Waals surface area contributed by atoms with Gasteiger partial charge in [0.2, 0.25) is 0 Å². The minimum absolute atomic E-state index is 0.324. The second kappa shape index (κ2) is 9.60. The SMILES string of the molecule is CC(CCCCCCCCC(=O)O)c1ccccc1. The van der Waals surface area contributed by atoms with E-state index in [1.54, 1.807) is 0 Å². The molecule has 1 atom stereocenters. The lowest BCUT2D eigenvalue weighted by Gasteiger charge is -2.11. The van der Waals surface area contributed by atoms with Crippen LogP contribution in [0.2, 0.25) is 0 Å². The highest BCUT2D eigenvalue weighted by Crippen LogP contribution is 2.21. The largest absolute Gasteiger partial charge is 0.481 e. The number of hydrogen-bond acceptors (Lipinski definition) is 1. The zero-order valence-corrected chi connectivity index (χ0v) is 12.0. The van der Waals surface area contributed by atoms with Crippen LogP contribution in [0.1, 0.15) is 69.8 Å². The number of hydrogen-bond donors (Lipinski definition) is 1. The summed E-state index contributed by atoms with van der Waals surface area (Å²) < 4.78 is 0. The first-order valence-electron chi connectivity index (χ1n) is 7.47. The quantitative estimate of drug-likeness (QED) is 0.603. The highest BCUT2D eigenvalue weighted by molar-refractivity contribution is 5.66. The summed E-state index contributed by atoms with van der Waals surface area (Å²) in [5.74, 6) is -0.0232. The van der Waals surface area contributed by atoms with Crippen molar-refractivity contribution in [3.8, 4) is 0 Å². The van der Waals surface area contributed by atoms with Crippen LogP contribution in [0, 0.1) is 0 Å². The van der Waals surface area contributed by atoms with Gasteiger partial charge in [0.25, 0.3) is 0 Å². The van der Waals surface area contributed by atoms with Crippen LogP contribution >= 0.6 is 0 Å². The first-order chi connectivity index (χ1) is 9.20. The van der Waals surface area contributed by atoms with Gasteiger partial charge in [-0.2, -0.15) is 0 Å². The molecular formula is C17H26O2. The third-order valence-electron chi connectivity index (χ3n) is 3.65. The minimum atomic E-state index is -0.670. The van der Waals surface area contributed by atoms with Gasteiger partial charge in [-0.25, -0.2) is 0 Å². The number of rotatable bonds is 10. The van der Waals surface area contributed by atoms with Gasteiger partial charge in [0.05, 0.1) is 0 Å². The predicted octanol–water partition coefficient (Wildman–Crippen LogP) is 5.00. The molecule has 1 N–H and O–H groups in total. The summed E-state index contributed by atoms with van der Waals surface area (Å²) in [4.78, 5) is 10.3. The monoisotopic (exact) mass is 262 g/mol. The average molecular weight is 262 g/mol. The van der Waals surface area contributed by atoms with Crippen LogP contribution in [0.3, 0.4) is 0 Å². The molecule has 0 amide bonds. The highest BCUT2D eigenvalue weighted by Gasteiger charge is 2.04. The molecule has 0 aliphatic heterocycles. The van der Waals surface area contributed by atoms with Crippen molar-refractivity contribution in [1.82, 2.24) is 0 Å². The molecule has 1 unspecified atom stereocenters. The zero-order valence-electron chi connectivity index (χ0n) is 12.0. The van der Waals surface area contributed by atoms with Crippen LogP contribution in [0.5, 0.6) is 0 Å². The Morgan fingerprint density at radius 1 is 1.00 bits per heavy atom. The van der Waals surface area contributed by atoms with Crippen LogP contribution in [-0.4, -0.2) is 11.1 Å². The molecule has 0 saturated heterocycles. The highest BCUT2D eigenvalue weighted by atomic mass is 16.4. The molecule has 0 bridgehead atoms. The minimum Gasteiger partial charge on any atom is -0.481 e. The van der Waals surface area contributed by atoms with E-state index in [-0.39, 0.29) is 0 Å². The van der Waals surface area contributed by atoms with Crippen molar-refractivity contribution >= 4 is 5.97 Å². The summed E-state index contributed by atoms with van der Waals surface area (Å²) in [7, 11) is 0. The Morgan fingerprint density at radius 3 is 2.21 bits per heavy atom. The summed E-state index contributed by atoms with van der Waals surface area (Å²) in [5.41, 5.74) is 1.43. The molecule has 0 aliphatic carbocycles. The van der Waals surface area contributed by atoms with Crippen molar-refractivity contribution in [2.45, 2.75) is 64.2 Å². The fourth-order valence-electron chi connectivity index (χ4n) is 2.38. The van der Waals surface area contributed by atoms with Crippen LogP contribution < -0.4 is 0 Å². The second-order valence-electron chi connectivity index (χ2n) is 5.37. The molecule has 0 saturated carbocycles. The third-order valence-corrected chi connectivity index (χ3v) is 3.65. The second-order valence-corrected chi connectivity index (χ2v) is 5.37. The number of benzene rings is 1. The van der Waals surface area contributed by atoms with Gasteiger partial charge in [-0.1, -0.05) is 69.4 Å². The number of carboxylic acids is 1. The molecule has 0 aromatic heterocycles. The van der Waals surface area contributed by atoms with Gasteiger partial charge in [0.1, 0.15) is 0 Å². The molecule has 1 rings (SSSR count). The van der Waals surface area contributed by atoms with Gasteiger partial charge in [-0.05, 0) is 24.3 Å². The molecule has 2 nitrogen and oxygen atoms in total. The van der Waals surface area contributed by atoms with Gasteiger partial charge >= 0.3 is 5.97 Å².